The zero-order valence-corrected chi connectivity index (χ0v) is 18.0. The topological polar surface area (TPSA) is 95.9 Å². The van der Waals surface area contributed by atoms with E-state index in [0.717, 1.165) is 42.5 Å². The van der Waals surface area contributed by atoms with E-state index in [9.17, 15) is 14.4 Å². The van der Waals surface area contributed by atoms with Crippen molar-refractivity contribution in [3.05, 3.63) is 59.2 Å². The summed E-state index contributed by atoms with van der Waals surface area (Å²) in [5.74, 6) is -0.129. The van der Waals surface area contributed by atoms with Gasteiger partial charge in [-0.2, -0.15) is 0 Å². The highest BCUT2D eigenvalue weighted by molar-refractivity contribution is 6.04. The molecule has 7 heteroatoms. The molecule has 7 nitrogen and oxygen atoms in total. The van der Waals surface area contributed by atoms with Gasteiger partial charge >= 0.3 is 5.97 Å². The van der Waals surface area contributed by atoms with Gasteiger partial charge in [-0.15, -0.1) is 0 Å². The number of benzene rings is 2. The highest BCUT2D eigenvalue weighted by atomic mass is 16.5. The summed E-state index contributed by atoms with van der Waals surface area (Å²) < 4.78 is 5.85. The summed E-state index contributed by atoms with van der Waals surface area (Å²) in [5.41, 5.74) is 3.28. The van der Waals surface area contributed by atoms with Crippen molar-refractivity contribution in [3.63, 3.8) is 0 Å². The number of fused-ring (bicyclic) bond motifs is 1. The smallest absolute Gasteiger partial charge is 0.303 e. The molecular weight excluding hydrogens is 408 g/mol. The van der Waals surface area contributed by atoms with Gasteiger partial charge in [-0.3, -0.25) is 14.4 Å². The molecule has 0 spiro atoms. The van der Waals surface area contributed by atoms with Crippen molar-refractivity contribution >= 4 is 23.5 Å². The van der Waals surface area contributed by atoms with Gasteiger partial charge in [-0.05, 0) is 61.9 Å². The van der Waals surface area contributed by atoms with Crippen LogP contribution < -0.4 is 15.0 Å². The summed E-state index contributed by atoms with van der Waals surface area (Å²) in [6, 6.07) is 13.4. The Balaban J connectivity index is 1.30. The predicted molar refractivity (Wildman–Crippen MR) is 120 cm³/mol. The lowest BCUT2D eigenvalue weighted by molar-refractivity contribution is -0.137. The summed E-state index contributed by atoms with van der Waals surface area (Å²) in [5, 5.41) is 11.6. The molecule has 0 saturated heterocycles. The Hall–Kier alpha value is -3.35. The molecule has 168 valence electrons. The molecule has 2 aliphatic rings. The quantitative estimate of drug-likeness (QED) is 0.524. The molecular formula is C25H28N2O5. The number of carboxylic acid groups (broad SMARTS) is 1. The van der Waals surface area contributed by atoms with Crippen molar-refractivity contribution < 1.29 is 24.2 Å². The molecule has 1 aliphatic carbocycles. The zero-order valence-electron chi connectivity index (χ0n) is 18.0. The van der Waals surface area contributed by atoms with Gasteiger partial charge in [0.1, 0.15) is 5.75 Å². The van der Waals surface area contributed by atoms with Gasteiger partial charge in [0, 0.05) is 35.8 Å². The molecule has 2 aromatic carbocycles. The van der Waals surface area contributed by atoms with Crippen LogP contribution in [-0.4, -0.2) is 35.5 Å². The van der Waals surface area contributed by atoms with Crippen LogP contribution in [0.1, 0.15) is 60.0 Å². The van der Waals surface area contributed by atoms with Crippen LogP contribution in [0.5, 0.6) is 5.75 Å². The standard InChI is InChI=1S/C25H28N2O5/c28-23-15-19-14-17(9-12-21(19)27(23)20-10-11-20)25(31)26-16-18-6-3-4-7-22(18)32-13-5-1-2-8-24(29)30/h3-4,6-7,9,12,14,20H,1-2,5,8,10-11,13,15-16H2,(H,26,31)(H,29,30). The van der Waals surface area contributed by atoms with Crippen molar-refractivity contribution in [2.45, 2.75) is 57.5 Å². The average molecular weight is 437 g/mol. The van der Waals surface area contributed by atoms with Crippen molar-refractivity contribution in [1.82, 2.24) is 5.32 Å². The third-order valence-electron chi connectivity index (χ3n) is 5.83. The number of rotatable bonds is 11. The second-order valence-electron chi connectivity index (χ2n) is 8.36. The van der Waals surface area contributed by atoms with Crippen LogP contribution >= 0.6 is 0 Å². The summed E-state index contributed by atoms with van der Waals surface area (Å²) >= 11 is 0. The first-order chi connectivity index (χ1) is 15.5. The van der Waals surface area contributed by atoms with Crippen molar-refractivity contribution in [3.8, 4) is 5.75 Å². The first-order valence-corrected chi connectivity index (χ1v) is 11.2. The lowest BCUT2D eigenvalue weighted by atomic mass is 10.1. The number of aliphatic carboxylic acids is 1. The normalized spacial score (nSPS) is 14.9. The average Bonchev–Trinajstić information content (AvgIpc) is 3.55. The number of hydrogen-bond acceptors (Lipinski definition) is 4. The maximum atomic E-state index is 12.7. The van der Waals surface area contributed by atoms with E-state index in [4.69, 9.17) is 9.84 Å². The van der Waals surface area contributed by atoms with Crippen molar-refractivity contribution in [1.29, 1.82) is 0 Å². The molecule has 4 rings (SSSR count). The van der Waals surface area contributed by atoms with E-state index in [2.05, 4.69) is 5.32 Å². The van der Waals surface area contributed by atoms with Gasteiger partial charge in [-0.1, -0.05) is 18.2 Å². The molecule has 2 amide bonds. The molecule has 0 aromatic heterocycles. The van der Waals surface area contributed by atoms with E-state index in [1.54, 1.807) is 6.07 Å². The minimum Gasteiger partial charge on any atom is -0.493 e. The van der Waals surface area contributed by atoms with Crippen molar-refractivity contribution in [2.24, 2.45) is 0 Å². The number of nitrogens with one attached hydrogen (secondary N) is 1. The molecule has 2 N–H and O–H groups in total. The third kappa shape index (κ3) is 5.28. The molecule has 0 unspecified atom stereocenters. The fraction of sp³-hybridized carbons (Fsp3) is 0.400. The molecule has 0 bridgehead atoms. The number of hydrogen-bond donors (Lipinski definition) is 2. The monoisotopic (exact) mass is 436 g/mol. The van der Waals surface area contributed by atoms with Crippen molar-refractivity contribution in [2.75, 3.05) is 11.5 Å². The molecule has 32 heavy (non-hydrogen) atoms. The fourth-order valence-corrected chi connectivity index (χ4v) is 4.02. The molecule has 1 saturated carbocycles. The summed E-state index contributed by atoms with van der Waals surface area (Å²) in [7, 11) is 0. The Morgan fingerprint density at radius 1 is 1.09 bits per heavy atom. The van der Waals surface area contributed by atoms with Gasteiger partial charge in [0.25, 0.3) is 5.91 Å². The van der Waals surface area contributed by atoms with E-state index in [1.807, 2.05) is 41.3 Å². The first-order valence-electron chi connectivity index (χ1n) is 11.2. The van der Waals surface area contributed by atoms with Crippen LogP contribution in [0, 0.1) is 0 Å². The van der Waals surface area contributed by atoms with E-state index >= 15 is 0 Å². The van der Waals surface area contributed by atoms with E-state index in [-0.39, 0.29) is 18.2 Å². The fourth-order valence-electron chi connectivity index (χ4n) is 4.02. The minimum atomic E-state index is -0.776. The third-order valence-corrected chi connectivity index (χ3v) is 5.83. The first kappa shape index (κ1) is 21.9. The molecule has 1 fully saturated rings. The van der Waals surface area contributed by atoms with Gasteiger partial charge in [0.2, 0.25) is 5.91 Å². The van der Waals surface area contributed by atoms with Gasteiger partial charge < -0.3 is 20.1 Å². The van der Waals surface area contributed by atoms with Gasteiger partial charge in [0.05, 0.1) is 13.0 Å². The van der Waals surface area contributed by atoms with Crippen LogP contribution in [0.3, 0.4) is 0 Å². The molecule has 0 radical (unpaired) electrons. The number of unbranched alkanes of at least 4 members (excludes halogenated alkanes) is 2. The SMILES string of the molecule is O=C(O)CCCCCOc1ccccc1CNC(=O)c1ccc2c(c1)CC(=O)N2C1CC1. The van der Waals surface area contributed by atoms with Gasteiger partial charge in [-0.25, -0.2) is 0 Å². The second kappa shape index (κ2) is 9.85. The number of ether oxygens (including phenoxy) is 1. The largest absolute Gasteiger partial charge is 0.493 e. The molecule has 0 atom stereocenters. The van der Waals surface area contributed by atoms with E-state index < -0.39 is 5.97 Å². The van der Waals surface area contributed by atoms with Crippen LogP contribution in [0.15, 0.2) is 42.5 Å². The second-order valence-corrected chi connectivity index (χ2v) is 8.36. The summed E-state index contributed by atoms with van der Waals surface area (Å²) in [6.45, 7) is 0.832. The lowest BCUT2D eigenvalue weighted by Gasteiger charge is -2.16. The number of nitrogens with zero attached hydrogens (tertiary/aromatic N) is 1. The van der Waals surface area contributed by atoms with Gasteiger partial charge in [0.15, 0.2) is 0 Å². The maximum Gasteiger partial charge on any atom is 0.303 e. The lowest BCUT2D eigenvalue weighted by Crippen LogP contribution is -2.28. The zero-order chi connectivity index (χ0) is 22.5. The van der Waals surface area contributed by atoms with E-state index in [0.29, 0.717) is 43.3 Å². The number of carbonyl (C=O) groups excluding carboxylic acids is 2. The molecule has 1 heterocycles. The van der Waals surface area contributed by atoms with Crippen LogP contribution in [-0.2, 0) is 22.6 Å². The number of anilines is 1. The number of carbonyl (C=O) groups is 3. The Morgan fingerprint density at radius 3 is 2.69 bits per heavy atom. The minimum absolute atomic E-state index is 0.120. The predicted octanol–water partition coefficient (Wildman–Crippen LogP) is 3.69. The number of carboxylic acids is 1. The number of para-hydroxylation sites is 1. The van der Waals surface area contributed by atoms with Crippen LogP contribution in [0.2, 0.25) is 0 Å². The Morgan fingerprint density at radius 2 is 1.91 bits per heavy atom. The Kier molecular flexibility index (Phi) is 6.73. The number of amides is 2. The van der Waals surface area contributed by atoms with Crippen LogP contribution in [0.4, 0.5) is 5.69 Å². The summed E-state index contributed by atoms with van der Waals surface area (Å²) in [6.07, 6.45) is 4.85. The maximum absolute atomic E-state index is 12.7. The Labute approximate surface area is 187 Å². The van der Waals surface area contributed by atoms with Crippen LogP contribution in [0.25, 0.3) is 0 Å². The molecule has 2 aromatic rings. The highest BCUT2D eigenvalue weighted by Crippen LogP contribution is 2.38. The van der Waals surface area contributed by atoms with E-state index in [1.165, 1.54) is 0 Å². The summed E-state index contributed by atoms with van der Waals surface area (Å²) in [4.78, 5) is 37.5. The molecule has 1 aliphatic heterocycles. The Bertz CT molecular complexity index is 1020. The highest BCUT2D eigenvalue weighted by Gasteiger charge is 2.38.